The quantitative estimate of drug-likeness (QED) is 0.633. The molecule has 1 atom stereocenters. The fourth-order valence-corrected chi connectivity index (χ4v) is 3.91. The van der Waals surface area contributed by atoms with Crippen LogP contribution >= 0.6 is 11.6 Å². The van der Waals surface area contributed by atoms with Crippen LogP contribution in [-0.2, 0) is 0 Å². The van der Waals surface area contributed by atoms with E-state index in [1.807, 2.05) is 18.2 Å². The Morgan fingerprint density at radius 3 is 2.74 bits per heavy atom. The molecule has 0 amide bonds. The number of nitrogens with zero attached hydrogens (tertiary/aromatic N) is 4. The van der Waals surface area contributed by atoms with Crippen molar-refractivity contribution < 1.29 is 0 Å². The molecular formula is C17H18BClN4. The highest BCUT2D eigenvalue weighted by Crippen LogP contribution is 2.58. The second-order valence-electron chi connectivity index (χ2n) is 7.10. The fourth-order valence-electron chi connectivity index (χ4n) is 3.76. The van der Waals surface area contributed by atoms with Gasteiger partial charge in [-0.3, -0.25) is 0 Å². The van der Waals surface area contributed by atoms with E-state index in [9.17, 15) is 5.26 Å². The summed E-state index contributed by atoms with van der Waals surface area (Å²) in [6.07, 6.45) is 3.47. The van der Waals surface area contributed by atoms with E-state index in [0.29, 0.717) is 11.0 Å². The van der Waals surface area contributed by atoms with Gasteiger partial charge in [0.15, 0.2) is 0 Å². The van der Waals surface area contributed by atoms with Crippen LogP contribution in [0.4, 0.5) is 5.82 Å². The largest absolute Gasteiger partial charge is 0.357 e. The van der Waals surface area contributed by atoms with Crippen LogP contribution in [0.15, 0.2) is 24.3 Å². The van der Waals surface area contributed by atoms with Gasteiger partial charge in [-0.2, -0.15) is 0 Å². The standard InChI is InChI=1S/C17H18BClN4/c1-17(7-8-17)18(11-20)12-6-9-23(10-12)16-5-3-13-14(22-16)2-4-15(19)21-13/h2-5,12H,6-10H2,1H3. The third-order valence-electron chi connectivity index (χ3n) is 5.44. The van der Waals surface area contributed by atoms with E-state index in [4.69, 9.17) is 16.6 Å². The number of rotatable bonds is 3. The lowest BCUT2D eigenvalue weighted by Crippen LogP contribution is -2.28. The van der Waals surface area contributed by atoms with Gasteiger partial charge in [0.05, 0.1) is 11.0 Å². The molecule has 0 N–H and O–H groups in total. The molecule has 23 heavy (non-hydrogen) atoms. The van der Waals surface area contributed by atoms with Gasteiger partial charge in [-0.25, -0.2) is 15.2 Å². The summed E-state index contributed by atoms with van der Waals surface area (Å²) in [6.45, 7) is 4.33. The number of hydrogen-bond acceptors (Lipinski definition) is 4. The highest BCUT2D eigenvalue weighted by molar-refractivity contribution is 6.72. The predicted molar refractivity (Wildman–Crippen MR) is 94.1 cm³/mol. The monoisotopic (exact) mass is 324 g/mol. The second-order valence-corrected chi connectivity index (χ2v) is 7.48. The molecule has 1 aliphatic carbocycles. The zero-order valence-corrected chi connectivity index (χ0v) is 13.9. The van der Waals surface area contributed by atoms with E-state index < -0.39 is 0 Å². The minimum absolute atomic E-state index is 0.174. The van der Waals surface area contributed by atoms with Gasteiger partial charge < -0.3 is 4.90 Å². The van der Waals surface area contributed by atoms with Crippen LogP contribution in [0.25, 0.3) is 11.0 Å². The summed E-state index contributed by atoms with van der Waals surface area (Å²) >= 11 is 5.92. The van der Waals surface area contributed by atoms with Crippen molar-refractivity contribution in [1.29, 1.82) is 5.26 Å². The van der Waals surface area contributed by atoms with Crippen molar-refractivity contribution in [3.8, 4) is 5.97 Å². The topological polar surface area (TPSA) is 52.8 Å². The number of aromatic nitrogens is 2. The molecule has 0 radical (unpaired) electrons. The molecule has 4 nitrogen and oxygen atoms in total. The summed E-state index contributed by atoms with van der Waals surface area (Å²) in [6, 6.07) is 7.66. The summed E-state index contributed by atoms with van der Waals surface area (Å²) in [5, 5.41) is 10.3. The molecule has 1 saturated heterocycles. The number of hydrogen-bond donors (Lipinski definition) is 0. The Hall–Kier alpha value is -1.80. The van der Waals surface area contributed by atoms with Crippen molar-refractivity contribution in [1.82, 2.24) is 9.97 Å². The molecule has 2 aromatic heterocycles. The molecule has 2 aromatic rings. The third-order valence-corrected chi connectivity index (χ3v) is 5.65. The SMILES string of the molecule is CC1(B(C#N)C2CCN(c3ccc4nc(Cl)ccc4n3)C2)CC1. The predicted octanol–water partition coefficient (Wildman–Crippen LogP) is 3.98. The van der Waals surface area contributed by atoms with E-state index >= 15 is 0 Å². The van der Waals surface area contributed by atoms with Crippen LogP contribution in [0, 0.1) is 11.2 Å². The van der Waals surface area contributed by atoms with Gasteiger partial charge in [0, 0.05) is 19.1 Å². The van der Waals surface area contributed by atoms with Gasteiger partial charge >= 0.3 is 0 Å². The zero-order chi connectivity index (χ0) is 16.0. The maximum atomic E-state index is 9.58. The number of anilines is 1. The van der Waals surface area contributed by atoms with Crippen molar-refractivity contribution >= 4 is 35.2 Å². The van der Waals surface area contributed by atoms with Crippen LogP contribution in [-0.4, -0.2) is 29.8 Å². The normalized spacial score (nSPS) is 22.1. The minimum atomic E-state index is 0.174. The molecule has 1 saturated carbocycles. The van der Waals surface area contributed by atoms with Crippen molar-refractivity contribution in [2.75, 3.05) is 18.0 Å². The lowest BCUT2D eigenvalue weighted by molar-refractivity contribution is 0.854. The highest BCUT2D eigenvalue weighted by atomic mass is 35.5. The number of halogens is 1. The maximum absolute atomic E-state index is 9.58. The van der Waals surface area contributed by atoms with Crippen LogP contribution in [0.1, 0.15) is 26.2 Å². The van der Waals surface area contributed by atoms with Crippen molar-refractivity contribution in [3.63, 3.8) is 0 Å². The maximum Gasteiger partial charge on any atom is 0.278 e. The van der Waals surface area contributed by atoms with Gasteiger partial charge in [0.1, 0.15) is 11.0 Å². The van der Waals surface area contributed by atoms with Gasteiger partial charge in [-0.1, -0.05) is 31.4 Å². The molecule has 2 aliphatic rings. The molecular weight excluding hydrogens is 306 g/mol. The fraction of sp³-hybridized carbons (Fsp3) is 0.471. The molecule has 0 spiro atoms. The van der Waals surface area contributed by atoms with Crippen LogP contribution in [0.5, 0.6) is 0 Å². The smallest absolute Gasteiger partial charge is 0.278 e. The molecule has 6 heteroatoms. The van der Waals surface area contributed by atoms with E-state index in [2.05, 4.69) is 22.8 Å². The molecule has 0 aromatic carbocycles. The molecule has 0 bridgehead atoms. The molecule has 116 valence electrons. The van der Waals surface area contributed by atoms with Gasteiger partial charge in [0.25, 0.3) is 6.71 Å². The Bertz CT molecular complexity index is 799. The van der Waals surface area contributed by atoms with E-state index in [0.717, 1.165) is 36.4 Å². The Kier molecular flexibility index (Phi) is 3.46. The lowest BCUT2D eigenvalue weighted by Gasteiger charge is -2.21. The first-order valence-electron chi connectivity index (χ1n) is 8.17. The molecule has 1 aliphatic heterocycles. The van der Waals surface area contributed by atoms with E-state index in [1.165, 1.54) is 12.8 Å². The number of fused-ring (bicyclic) bond motifs is 1. The van der Waals surface area contributed by atoms with Crippen LogP contribution in [0.2, 0.25) is 16.3 Å². The van der Waals surface area contributed by atoms with Crippen molar-refractivity contribution in [2.24, 2.45) is 0 Å². The summed E-state index contributed by atoms with van der Waals surface area (Å²) in [5.41, 5.74) is 1.68. The summed E-state index contributed by atoms with van der Waals surface area (Å²) in [7, 11) is 0. The summed E-state index contributed by atoms with van der Waals surface area (Å²) in [4.78, 5) is 11.3. The second kappa shape index (κ2) is 5.38. The van der Waals surface area contributed by atoms with Gasteiger partial charge in [-0.05, 0) is 41.8 Å². The Labute approximate surface area is 141 Å². The highest BCUT2D eigenvalue weighted by Gasteiger charge is 2.52. The molecule has 3 heterocycles. The Balaban J connectivity index is 1.55. The minimum Gasteiger partial charge on any atom is -0.357 e. The lowest BCUT2D eigenvalue weighted by atomic mass is 9.33. The molecule has 2 fully saturated rings. The number of nitriles is 1. The Morgan fingerprint density at radius 2 is 2.00 bits per heavy atom. The third kappa shape index (κ3) is 2.66. The van der Waals surface area contributed by atoms with Crippen LogP contribution < -0.4 is 4.90 Å². The van der Waals surface area contributed by atoms with Gasteiger partial charge in [-0.15, -0.1) is 0 Å². The van der Waals surface area contributed by atoms with Crippen molar-refractivity contribution in [2.45, 2.75) is 37.3 Å². The first-order valence-corrected chi connectivity index (χ1v) is 8.55. The molecule has 1 unspecified atom stereocenters. The average Bonchev–Trinajstić information content (AvgIpc) is 3.10. The zero-order valence-electron chi connectivity index (χ0n) is 13.2. The van der Waals surface area contributed by atoms with E-state index in [-0.39, 0.29) is 12.0 Å². The van der Waals surface area contributed by atoms with Gasteiger partial charge in [0.2, 0.25) is 0 Å². The van der Waals surface area contributed by atoms with E-state index in [1.54, 1.807) is 6.07 Å². The first kappa shape index (κ1) is 14.8. The Morgan fingerprint density at radius 1 is 1.26 bits per heavy atom. The first-order chi connectivity index (χ1) is 11.1. The summed E-state index contributed by atoms with van der Waals surface area (Å²) < 4.78 is 0. The average molecular weight is 325 g/mol. The van der Waals surface area contributed by atoms with Crippen LogP contribution in [0.3, 0.4) is 0 Å². The number of pyridine rings is 2. The summed E-state index contributed by atoms with van der Waals surface area (Å²) in [5.74, 6) is 4.01. The molecule has 4 rings (SSSR count). The van der Waals surface area contributed by atoms with Crippen molar-refractivity contribution in [3.05, 3.63) is 29.4 Å².